The maximum Gasteiger partial charge on any atom is 0.410 e. The average Bonchev–Trinajstić information content (AvgIpc) is 2.53. The predicted octanol–water partition coefficient (Wildman–Crippen LogP) is 2.98. The lowest BCUT2D eigenvalue weighted by molar-refractivity contribution is 0.0144. The van der Waals surface area contributed by atoms with Gasteiger partial charge in [-0.15, -0.1) is 0 Å². The molecule has 25 heavy (non-hydrogen) atoms. The van der Waals surface area contributed by atoms with E-state index in [9.17, 15) is 4.79 Å². The number of hydrogen-bond acceptors (Lipinski definition) is 5. The monoisotopic (exact) mass is 349 g/mol. The number of ether oxygens (including phenoxy) is 2. The summed E-state index contributed by atoms with van der Waals surface area (Å²) in [4.78, 5) is 16.2. The second kappa shape index (κ2) is 8.94. The van der Waals surface area contributed by atoms with Gasteiger partial charge in [0.25, 0.3) is 0 Å². The van der Waals surface area contributed by atoms with Gasteiger partial charge >= 0.3 is 6.09 Å². The first-order valence-electron chi connectivity index (χ1n) is 9.02. The van der Waals surface area contributed by atoms with Crippen molar-refractivity contribution in [1.29, 1.82) is 0 Å². The maximum absolute atomic E-state index is 12.0. The van der Waals surface area contributed by atoms with E-state index in [0.717, 1.165) is 57.0 Å². The van der Waals surface area contributed by atoms with Crippen molar-refractivity contribution in [2.45, 2.75) is 39.2 Å². The summed E-state index contributed by atoms with van der Waals surface area (Å²) in [5.74, 6) is 0.825. The van der Waals surface area contributed by atoms with Crippen LogP contribution in [0.2, 0.25) is 0 Å². The molecule has 1 aromatic carbocycles. The van der Waals surface area contributed by atoms with Crippen LogP contribution in [0.25, 0.3) is 0 Å². The molecular formula is C19H31N3O3. The minimum Gasteiger partial charge on any atom is -0.494 e. The Morgan fingerprint density at radius 3 is 2.52 bits per heavy atom. The van der Waals surface area contributed by atoms with Crippen molar-refractivity contribution < 1.29 is 14.3 Å². The molecule has 6 nitrogen and oxygen atoms in total. The molecular weight excluding hydrogens is 318 g/mol. The summed E-state index contributed by atoms with van der Waals surface area (Å²) >= 11 is 0. The lowest BCUT2D eigenvalue weighted by Gasteiger charge is -2.35. The Morgan fingerprint density at radius 1 is 1.16 bits per heavy atom. The van der Waals surface area contributed by atoms with E-state index >= 15 is 0 Å². The second-order valence-corrected chi connectivity index (χ2v) is 7.44. The van der Waals surface area contributed by atoms with Crippen molar-refractivity contribution in [1.82, 2.24) is 9.80 Å². The van der Waals surface area contributed by atoms with Crippen LogP contribution < -0.4 is 10.5 Å². The first kappa shape index (κ1) is 19.4. The highest BCUT2D eigenvalue weighted by molar-refractivity contribution is 5.68. The van der Waals surface area contributed by atoms with Gasteiger partial charge < -0.3 is 20.1 Å². The number of nitrogens with zero attached hydrogens (tertiary/aromatic N) is 2. The van der Waals surface area contributed by atoms with E-state index in [-0.39, 0.29) is 6.09 Å². The van der Waals surface area contributed by atoms with E-state index < -0.39 is 5.60 Å². The highest BCUT2D eigenvalue weighted by Crippen LogP contribution is 2.15. The zero-order chi connectivity index (χ0) is 18.3. The summed E-state index contributed by atoms with van der Waals surface area (Å²) in [6.07, 6.45) is 1.87. The topological polar surface area (TPSA) is 68.0 Å². The van der Waals surface area contributed by atoms with Crippen LogP contribution in [0.15, 0.2) is 24.3 Å². The lowest BCUT2D eigenvalue weighted by atomic mass is 10.2. The Labute approximate surface area is 150 Å². The van der Waals surface area contributed by atoms with Gasteiger partial charge in [-0.3, -0.25) is 4.90 Å². The molecule has 0 unspecified atom stereocenters. The maximum atomic E-state index is 12.0. The van der Waals surface area contributed by atoms with Crippen LogP contribution in [0.1, 0.15) is 33.6 Å². The smallest absolute Gasteiger partial charge is 0.410 e. The van der Waals surface area contributed by atoms with Crippen molar-refractivity contribution in [3.63, 3.8) is 0 Å². The molecule has 0 bridgehead atoms. The number of anilines is 1. The fourth-order valence-electron chi connectivity index (χ4n) is 2.71. The number of rotatable bonds is 6. The number of carbonyl (C=O) groups is 1. The van der Waals surface area contributed by atoms with Gasteiger partial charge in [0, 0.05) is 37.9 Å². The van der Waals surface area contributed by atoms with E-state index in [1.54, 1.807) is 4.90 Å². The predicted molar refractivity (Wildman–Crippen MR) is 99.8 cm³/mol. The molecule has 0 aliphatic carbocycles. The molecule has 0 saturated carbocycles. The molecule has 0 spiro atoms. The van der Waals surface area contributed by atoms with Crippen molar-refractivity contribution in [3.8, 4) is 5.75 Å². The SMILES string of the molecule is CC(C)(C)OC(=O)N1CCN(CCCCOc2cccc(N)c2)CC1. The molecule has 2 rings (SSSR count). The van der Waals surface area contributed by atoms with Crippen LogP contribution in [0, 0.1) is 0 Å². The molecule has 0 aromatic heterocycles. The number of nitrogen functional groups attached to an aromatic ring is 1. The largest absolute Gasteiger partial charge is 0.494 e. The van der Waals surface area contributed by atoms with Crippen molar-refractivity contribution in [2.24, 2.45) is 0 Å². The average molecular weight is 349 g/mol. The second-order valence-electron chi connectivity index (χ2n) is 7.44. The summed E-state index contributed by atoms with van der Waals surface area (Å²) in [6, 6.07) is 7.51. The summed E-state index contributed by atoms with van der Waals surface area (Å²) in [7, 11) is 0. The van der Waals surface area contributed by atoms with Gasteiger partial charge in [0.15, 0.2) is 0 Å². The van der Waals surface area contributed by atoms with Crippen LogP contribution in [0.4, 0.5) is 10.5 Å². The molecule has 0 radical (unpaired) electrons. The summed E-state index contributed by atoms with van der Waals surface area (Å²) in [6.45, 7) is 10.7. The van der Waals surface area contributed by atoms with E-state index in [4.69, 9.17) is 15.2 Å². The number of unbranched alkanes of at least 4 members (excludes halogenated alkanes) is 1. The Hall–Kier alpha value is -1.95. The van der Waals surface area contributed by atoms with E-state index in [1.165, 1.54) is 0 Å². The van der Waals surface area contributed by atoms with E-state index in [2.05, 4.69) is 4.90 Å². The molecule has 0 atom stereocenters. The minimum absolute atomic E-state index is 0.206. The lowest BCUT2D eigenvalue weighted by Crippen LogP contribution is -2.50. The Balaban J connectivity index is 1.57. The molecule has 1 aliphatic rings. The zero-order valence-corrected chi connectivity index (χ0v) is 15.7. The fourth-order valence-corrected chi connectivity index (χ4v) is 2.71. The molecule has 1 fully saturated rings. The number of carbonyl (C=O) groups excluding carboxylic acids is 1. The molecule has 6 heteroatoms. The van der Waals surface area contributed by atoms with Gasteiger partial charge in [-0.2, -0.15) is 0 Å². The van der Waals surface area contributed by atoms with Crippen LogP contribution in [-0.4, -0.2) is 60.8 Å². The third-order valence-electron chi connectivity index (χ3n) is 4.02. The highest BCUT2D eigenvalue weighted by Gasteiger charge is 2.25. The Kier molecular flexibility index (Phi) is 6.93. The fraction of sp³-hybridized carbons (Fsp3) is 0.632. The third-order valence-corrected chi connectivity index (χ3v) is 4.02. The highest BCUT2D eigenvalue weighted by atomic mass is 16.6. The number of nitrogens with two attached hydrogens (primary N) is 1. The molecule has 1 aromatic rings. The van der Waals surface area contributed by atoms with Gasteiger partial charge in [-0.05, 0) is 52.3 Å². The van der Waals surface area contributed by atoms with Crippen molar-refractivity contribution >= 4 is 11.8 Å². The number of hydrogen-bond donors (Lipinski definition) is 1. The summed E-state index contributed by atoms with van der Waals surface area (Å²) in [5.41, 5.74) is 6.02. The van der Waals surface area contributed by atoms with Crippen LogP contribution in [-0.2, 0) is 4.74 Å². The van der Waals surface area contributed by atoms with Crippen LogP contribution in [0.3, 0.4) is 0 Å². The van der Waals surface area contributed by atoms with Crippen LogP contribution in [0.5, 0.6) is 5.75 Å². The third kappa shape index (κ3) is 7.22. The molecule has 1 amide bonds. The van der Waals surface area contributed by atoms with E-state index in [0.29, 0.717) is 6.61 Å². The van der Waals surface area contributed by atoms with E-state index in [1.807, 2.05) is 45.0 Å². The van der Waals surface area contributed by atoms with Gasteiger partial charge in [0.05, 0.1) is 6.61 Å². The molecule has 1 saturated heterocycles. The molecule has 140 valence electrons. The van der Waals surface area contributed by atoms with Gasteiger partial charge in [0.2, 0.25) is 0 Å². The van der Waals surface area contributed by atoms with Gasteiger partial charge in [0.1, 0.15) is 11.4 Å². The van der Waals surface area contributed by atoms with Gasteiger partial charge in [-0.25, -0.2) is 4.79 Å². The summed E-state index contributed by atoms with van der Waals surface area (Å²) < 4.78 is 11.1. The first-order chi connectivity index (χ1) is 11.8. The Bertz CT molecular complexity index is 549. The minimum atomic E-state index is -0.433. The van der Waals surface area contributed by atoms with Crippen molar-refractivity contribution in [2.75, 3.05) is 45.1 Å². The molecule has 1 aliphatic heterocycles. The summed E-state index contributed by atoms with van der Waals surface area (Å²) in [5, 5.41) is 0. The Morgan fingerprint density at radius 2 is 1.88 bits per heavy atom. The number of amides is 1. The van der Waals surface area contributed by atoms with Crippen molar-refractivity contribution in [3.05, 3.63) is 24.3 Å². The normalized spacial score (nSPS) is 15.9. The standard InChI is InChI=1S/C19H31N3O3/c1-19(2,3)25-18(23)22-12-10-21(11-13-22)9-4-5-14-24-17-8-6-7-16(20)15-17/h6-8,15H,4-5,9-14,20H2,1-3H3. The molecule has 2 N–H and O–H groups in total. The zero-order valence-electron chi connectivity index (χ0n) is 15.7. The van der Waals surface area contributed by atoms with Crippen LogP contribution >= 0.6 is 0 Å². The first-order valence-corrected chi connectivity index (χ1v) is 9.02. The molecule has 1 heterocycles. The number of piperazine rings is 1. The quantitative estimate of drug-likeness (QED) is 0.632. The van der Waals surface area contributed by atoms with Gasteiger partial charge in [-0.1, -0.05) is 6.07 Å². The number of benzene rings is 1.